The summed E-state index contributed by atoms with van der Waals surface area (Å²) in [5, 5.41) is 10.3. The van der Waals surface area contributed by atoms with Gasteiger partial charge in [-0.25, -0.2) is 0 Å². The molecule has 7 nitrogen and oxygen atoms in total. The molecule has 1 saturated carbocycles. The standard InChI is InChI=1S/C23H31BrN4O3/c1-3-19(17-8-10-18(24)11-9-17)25-20(30)12-13-21-26-22(28-31-21)23(27-16(2)29)14-6-4-5-7-15-23/h8-11,19H,3-7,12-15H2,1-2H3,(H,25,30)(H,27,29). The van der Waals surface area contributed by atoms with Gasteiger partial charge in [0.2, 0.25) is 17.7 Å². The van der Waals surface area contributed by atoms with Gasteiger partial charge in [-0.2, -0.15) is 4.98 Å². The van der Waals surface area contributed by atoms with Crippen LogP contribution in [0.4, 0.5) is 0 Å². The number of benzene rings is 1. The highest BCUT2D eigenvalue weighted by Gasteiger charge is 2.38. The molecule has 1 atom stereocenters. The van der Waals surface area contributed by atoms with Crippen LogP contribution in [0.1, 0.15) is 88.5 Å². The van der Waals surface area contributed by atoms with Crippen molar-refractivity contribution in [3.63, 3.8) is 0 Å². The highest BCUT2D eigenvalue weighted by atomic mass is 79.9. The fourth-order valence-corrected chi connectivity index (χ4v) is 4.49. The molecule has 1 heterocycles. The first kappa shape index (κ1) is 23.4. The van der Waals surface area contributed by atoms with Crippen LogP contribution in [0, 0.1) is 0 Å². The van der Waals surface area contributed by atoms with Crippen molar-refractivity contribution in [2.75, 3.05) is 0 Å². The maximum Gasteiger partial charge on any atom is 0.227 e. The Morgan fingerprint density at radius 3 is 2.45 bits per heavy atom. The van der Waals surface area contributed by atoms with Crippen molar-refractivity contribution in [2.24, 2.45) is 0 Å². The number of carbonyl (C=O) groups excluding carboxylic acids is 2. The number of halogens is 1. The van der Waals surface area contributed by atoms with E-state index in [1.54, 1.807) is 0 Å². The van der Waals surface area contributed by atoms with E-state index < -0.39 is 5.54 Å². The summed E-state index contributed by atoms with van der Waals surface area (Å²) in [6.07, 6.45) is 7.36. The molecular formula is C23H31BrN4O3. The van der Waals surface area contributed by atoms with Crippen LogP contribution in [0.15, 0.2) is 33.3 Å². The molecule has 1 aliphatic carbocycles. The normalized spacial score (nSPS) is 16.9. The maximum absolute atomic E-state index is 12.5. The lowest BCUT2D eigenvalue weighted by Gasteiger charge is -2.30. The first-order valence-corrected chi connectivity index (χ1v) is 11.9. The third kappa shape index (κ3) is 6.38. The van der Waals surface area contributed by atoms with Gasteiger partial charge in [-0.3, -0.25) is 9.59 Å². The zero-order chi connectivity index (χ0) is 22.3. The van der Waals surface area contributed by atoms with E-state index in [4.69, 9.17) is 4.52 Å². The van der Waals surface area contributed by atoms with E-state index in [0.717, 1.165) is 55.0 Å². The summed E-state index contributed by atoms with van der Waals surface area (Å²) in [5.41, 5.74) is 0.506. The number of aryl methyl sites for hydroxylation is 1. The lowest BCUT2D eigenvalue weighted by atomic mass is 9.89. The van der Waals surface area contributed by atoms with Crippen LogP contribution in [-0.2, 0) is 21.5 Å². The van der Waals surface area contributed by atoms with Crippen LogP contribution in [0.2, 0.25) is 0 Å². The highest BCUT2D eigenvalue weighted by molar-refractivity contribution is 9.10. The molecule has 2 N–H and O–H groups in total. The summed E-state index contributed by atoms with van der Waals surface area (Å²) >= 11 is 3.44. The summed E-state index contributed by atoms with van der Waals surface area (Å²) in [6, 6.07) is 7.94. The number of nitrogens with one attached hydrogen (secondary N) is 2. The Labute approximate surface area is 191 Å². The van der Waals surface area contributed by atoms with E-state index in [2.05, 4.69) is 36.7 Å². The lowest BCUT2D eigenvalue weighted by molar-refractivity contribution is -0.122. The Kier molecular flexibility index (Phi) is 8.23. The predicted molar refractivity (Wildman–Crippen MR) is 121 cm³/mol. The Morgan fingerprint density at radius 1 is 1.16 bits per heavy atom. The molecule has 0 aliphatic heterocycles. The molecule has 1 aromatic heterocycles. The van der Waals surface area contributed by atoms with Crippen LogP contribution in [0.3, 0.4) is 0 Å². The van der Waals surface area contributed by atoms with Gasteiger partial charge >= 0.3 is 0 Å². The third-order valence-corrected chi connectivity index (χ3v) is 6.38. The van der Waals surface area contributed by atoms with Gasteiger partial charge in [-0.05, 0) is 37.0 Å². The monoisotopic (exact) mass is 490 g/mol. The van der Waals surface area contributed by atoms with Gasteiger partial charge in [-0.1, -0.05) is 65.8 Å². The molecule has 0 saturated heterocycles. The van der Waals surface area contributed by atoms with Gasteiger partial charge in [-0.15, -0.1) is 0 Å². The van der Waals surface area contributed by atoms with Gasteiger partial charge in [0.25, 0.3) is 0 Å². The summed E-state index contributed by atoms with van der Waals surface area (Å²) in [7, 11) is 0. The first-order valence-electron chi connectivity index (χ1n) is 11.1. The number of rotatable bonds is 8. The summed E-state index contributed by atoms with van der Waals surface area (Å²) in [5.74, 6) is 0.809. The number of amides is 2. The molecular weight excluding hydrogens is 460 g/mol. The van der Waals surface area contributed by atoms with Crippen molar-refractivity contribution >= 4 is 27.7 Å². The topological polar surface area (TPSA) is 97.1 Å². The van der Waals surface area contributed by atoms with Gasteiger partial charge in [0, 0.05) is 24.2 Å². The second-order valence-corrected chi connectivity index (χ2v) is 9.18. The fourth-order valence-electron chi connectivity index (χ4n) is 4.23. The number of hydrogen-bond acceptors (Lipinski definition) is 5. The van der Waals surface area contributed by atoms with Crippen LogP contribution in [0.25, 0.3) is 0 Å². The van der Waals surface area contributed by atoms with Crippen molar-refractivity contribution in [2.45, 2.75) is 83.2 Å². The number of aromatic nitrogens is 2. The van der Waals surface area contributed by atoms with Gasteiger partial charge in [0.15, 0.2) is 5.82 Å². The molecule has 3 rings (SSSR count). The SMILES string of the molecule is CCC(NC(=O)CCc1nc(C2(NC(C)=O)CCCCCC2)no1)c1ccc(Br)cc1. The summed E-state index contributed by atoms with van der Waals surface area (Å²) in [4.78, 5) is 28.9. The van der Waals surface area contributed by atoms with Crippen molar-refractivity contribution in [1.29, 1.82) is 0 Å². The molecule has 1 fully saturated rings. The minimum Gasteiger partial charge on any atom is -0.349 e. The van der Waals surface area contributed by atoms with E-state index in [9.17, 15) is 9.59 Å². The molecule has 1 aliphatic rings. The van der Waals surface area contributed by atoms with Gasteiger partial charge < -0.3 is 15.2 Å². The van der Waals surface area contributed by atoms with Crippen LogP contribution in [0.5, 0.6) is 0 Å². The van der Waals surface area contributed by atoms with Gasteiger partial charge in [0.05, 0.1) is 6.04 Å². The third-order valence-electron chi connectivity index (χ3n) is 5.85. The lowest BCUT2D eigenvalue weighted by Crippen LogP contribution is -2.45. The molecule has 2 amide bonds. The van der Waals surface area contributed by atoms with E-state index >= 15 is 0 Å². The van der Waals surface area contributed by atoms with E-state index in [1.165, 1.54) is 6.92 Å². The molecule has 8 heteroatoms. The first-order chi connectivity index (χ1) is 14.9. The molecule has 0 bridgehead atoms. The number of carbonyl (C=O) groups is 2. The molecule has 31 heavy (non-hydrogen) atoms. The Balaban J connectivity index is 1.61. The molecule has 1 aromatic carbocycles. The fraction of sp³-hybridized carbons (Fsp3) is 0.565. The average Bonchev–Trinajstić information content (AvgIpc) is 3.11. The molecule has 0 radical (unpaired) electrons. The maximum atomic E-state index is 12.5. The van der Waals surface area contributed by atoms with Crippen molar-refractivity contribution in [3.05, 3.63) is 46.0 Å². The largest absolute Gasteiger partial charge is 0.349 e. The molecule has 1 unspecified atom stereocenters. The summed E-state index contributed by atoms with van der Waals surface area (Å²) < 4.78 is 6.46. The minimum absolute atomic E-state index is 0.0344. The van der Waals surface area contributed by atoms with Crippen molar-refractivity contribution in [1.82, 2.24) is 20.8 Å². The van der Waals surface area contributed by atoms with Crippen LogP contribution < -0.4 is 10.6 Å². The number of nitrogens with zero attached hydrogens (tertiary/aromatic N) is 2. The minimum atomic E-state index is -0.568. The van der Waals surface area contributed by atoms with Crippen molar-refractivity contribution < 1.29 is 14.1 Å². The molecule has 168 valence electrons. The quantitative estimate of drug-likeness (QED) is 0.521. The zero-order valence-corrected chi connectivity index (χ0v) is 19.8. The Bertz CT molecular complexity index is 873. The average molecular weight is 491 g/mol. The zero-order valence-electron chi connectivity index (χ0n) is 18.2. The second kappa shape index (κ2) is 10.9. The number of hydrogen-bond donors (Lipinski definition) is 2. The summed E-state index contributed by atoms with van der Waals surface area (Å²) in [6.45, 7) is 3.57. The van der Waals surface area contributed by atoms with E-state index in [1.807, 2.05) is 31.2 Å². The smallest absolute Gasteiger partial charge is 0.227 e. The van der Waals surface area contributed by atoms with Gasteiger partial charge in [0.1, 0.15) is 5.54 Å². The Hall–Kier alpha value is -2.22. The van der Waals surface area contributed by atoms with Crippen molar-refractivity contribution in [3.8, 4) is 0 Å². The second-order valence-electron chi connectivity index (χ2n) is 8.27. The van der Waals surface area contributed by atoms with Crippen LogP contribution in [-0.4, -0.2) is 22.0 Å². The van der Waals surface area contributed by atoms with Crippen LogP contribution >= 0.6 is 15.9 Å². The van der Waals surface area contributed by atoms with E-state index in [-0.39, 0.29) is 24.3 Å². The highest BCUT2D eigenvalue weighted by Crippen LogP contribution is 2.34. The van der Waals surface area contributed by atoms with E-state index in [0.29, 0.717) is 18.1 Å². The molecule has 2 aromatic rings. The Morgan fingerprint density at radius 2 is 1.84 bits per heavy atom. The predicted octanol–water partition coefficient (Wildman–Crippen LogP) is 4.72. The molecule has 0 spiro atoms.